The standard InChI is InChI=1S/C18H21FO/c1-12(2)14-6-9-15(10-7-14)18(4,20)16-8-5-13(3)17(19)11-16/h5-12,20H,1-4H3. The number of hydrogen-bond donors (Lipinski definition) is 1. The summed E-state index contributed by atoms with van der Waals surface area (Å²) in [6.07, 6.45) is 0. The lowest BCUT2D eigenvalue weighted by Crippen LogP contribution is -2.23. The van der Waals surface area contributed by atoms with Crippen LogP contribution in [0, 0.1) is 12.7 Å². The fourth-order valence-electron chi connectivity index (χ4n) is 2.25. The summed E-state index contributed by atoms with van der Waals surface area (Å²) in [6.45, 7) is 7.66. The molecule has 0 aliphatic rings. The molecule has 0 radical (unpaired) electrons. The third-order valence-corrected chi connectivity index (χ3v) is 3.87. The summed E-state index contributed by atoms with van der Waals surface area (Å²) in [7, 11) is 0. The van der Waals surface area contributed by atoms with E-state index in [-0.39, 0.29) is 5.82 Å². The fourth-order valence-corrected chi connectivity index (χ4v) is 2.25. The van der Waals surface area contributed by atoms with Crippen molar-refractivity contribution < 1.29 is 9.50 Å². The zero-order valence-corrected chi connectivity index (χ0v) is 12.4. The van der Waals surface area contributed by atoms with Gasteiger partial charge in [-0.2, -0.15) is 0 Å². The van der Waals surface area contributed by atoms with E-state index >= 15 is 0 Å². The monoisotopic (exact) mass is 272 g/mol. The molecule has 0 aliphatic heterocycles. The van der Waals surface area contributed by atoms with E-state index in [0.29, 0.717) is 17.0 Å². The van der Waals surface area contributed by atoms with Crippen LogP contribution in [0.15, 0.2) is 42.5 Å². The molecule has 1 N–H and O–H groups in total. The summed E-state index contributed by atoms with van der Waals surface area (Å²) < 4.78 is 13.7. The smallest absolute Gasteiger partial charge is 0.126 e. The molecule has 2 aromatic carbocycles. The fraction of sp³-hybridized carbons (Fsp3) is 0.333. The summed E-state index contributed by atoms with van der Waals surface area (Å²) in [6, 6.07) is 12.7. The highest BCUT2D eigenvalue weighted by Gasteiger charge is 2.26. The van der Waals surface area contributed by atoms with Crippen LogP contribution in [-0.2, 0) is 5.60 Å². The molecule has 0 saturated carbocycles. The largest absolute Gasteiger partial charge is 0.381 e. The second kappa shape index (κ2) is 5.37. The molecular weight excluding hydrogens is 251 g/mol. The molecule has 2 heteroatoms. The first-order valence-electron chi connectivity index (χ1n) is 6.92. The van der Waals surface area contributed by atoms with Gasteiger partial charge in [-0.3, -0.25) is 0 Å². The van der Waals surface area contributed by atoms with Gasteiger partial charge >= 0.3 is 0 Å². The van der Waals surface area contributed by atoms with Crippen LogP contribution in [-0.4, -0.2) is 5.11 Å². The number of benzene rings is 2. The molecule has 0 aromatic heterocycles. The molecule has 1 unspecified atom stereocenters. The van der Waals surface area contributed by atoms with Gasteiger partial charge < -0.3 is 5.11 Å². The minimum Gasteiger partial charge on any atom is -0.381 e. The van der Waals surface area contributed by atoms with Gasteiger partial charge in [0.15, 0.2) is 0 Å². The van der Waals surface area contributed by atoms with Crippen molar-refractivity contribution in [1.29, 1.82) is 0 Å². The second-order valence-electron chi connectivity index (χ2n) is 5.81. The number of aliphatic hydroxyl groups is 1. The SMILES string of the molecule is Cc1ccc(C(C)(O)c2ccc(C(C)C)cc2)cc1F. The number of hydrogen-bond acceptors (Lipinski definition) is 1. The molecule has 0 aliphatic carbocycles. The van der Waals surface area contributed by atoms with E-state index in [4.69, 9.17) is 0 Å². The molecule has 0 fully saturated rings. The van der Waals surface area contributed by atoms with E-state index in [0.717, 1.165) is 5.56 Å². The Bertz CT molecular complexity index is 597. The van der Waals surface area contributed by atoms with Gasteiger partial charge in [-0.05, 0) is 48.1 Å². The summed E-state index contributed by atoms with van der Waals surface area (Å²) in [4.78, 5) is 0. The Labute approximate surface area is 120 Å². The summed E-state index contributed by atoms with van der Waals surface area (Å²) >= 11 is 0. The average Bonchev–Trinajstić information content (AvgIpc) is 2.41. The Balaban J connectivity index is 2.40. The summed E-state index contributed by atoms with van der Waals surface area (Å²) in [5, 5.41) is 10.7. The first-order chi connectivity index (χ1) is 9.32. The predicted molar refractivity (Wildman–Crippen MR) is 80.3 cm³/mol. The minimum atomic E-state index is -1.19. The van der Waals surface area contributed by atoms with E-state index in [1.54, 1.807) is 26.0 Å². The number of halogens is 1. The van der Waals surface area contributed by atoms with E-state index in [9.17, 15) is 9.50 Å². The van der Waals surface area contributed by atoms with Gasteiger partial charge in [0.05, 0.1) is 0 Å². The van der Waals surface area contributed by atoms with Gasteiger partial charge in [-0.15, -0.1) is 0 Å². The van der Waals surface area contributed by atoms with E-state index < -0.39 is 5.60 Å². The zero-order chi connectivity index (χ0) is 14.9. The molecule has 2 rings (SSSR count). The van der Waals surface area contributed by atoms with Gasteiger partial charge in [0.25, 0.3) is 0 Å². The quantitative estimate of drug-likeness (QED) is 0.871. The van der Waals surface area contributed by atoms with Crippen molar-refractivity contribution >= 4 is 0 Å². The molecular formula is C18H21FO. The Morgan fingerprint density at radius 1 is 1.00 bits per heavy atom. The lowest BCUT2D eigenvalue weighted by atomic mass is 9.86. The Morgan fingerprint density at radius 2 is 1.55 bits per heavy atom. The first-order valence-corrected chi connectivity index (χ1v) is 6.92. The highest BCUT2D eigenvalue weighted by atomic mass is 19.1. The topological polar surface area (TPSA) is 20.2 Å². The average molecular weight is 272 g/mol. The third-order valence-electron chi connectivity index (χ3n) is 3.87. The molecule has 2 aromatic rings. The molecule has 0 heterocycles. The van der Waals surface area contributed by atoms with Crippen molar-refractivity contribution in [2.75, 3.05) is 0 Å². The van der Waals surface area contributed by atoms with Crippen molar-refractivity contribution in [3.05, 3.63) is 70.5 Å². The van der Waals surface area contributed by atoms with Gasteiger partial charge in [0.2, 0.25) is 0 Å². The molecule has 0 amide bonds. The van der Waals surface area contributed by atoms with Crippen LogP contribution in [0.3, 0.4) is 0 Å². The Kier molecular flexibility index (Phi) is 3.96. The normalized spacial score (nSPS) is 14.3. The second-order valence-corrected chi connectivity index (χ2v) is 5.81. The lowest BCUT2D eigenvalue weighted by Gasteiger charge is -2.25. The molecule has 0 spiro atoms. The van der Waals surface area contributed by atoms with Crippen LogP contribution in [0.1, 0.15) is 48.9 Å². The molecule has 1 atom stereocenters. The van der Waals surface area contributed by atoms with Gasteiger partial charge in [-0.25, -0.2) is 4.39 Å². The summed E-state index contributed by atoms with van der Waals surface area (Å²) in [5.41, 5.74) is 1.95. The van der Waals surface area contributed by atoms with Crippen molar-refractivity contribution in [2.45, 2.75) is 39.2 Å². The van der Waals surface area contributed by atoms with Crippen LogP contribution < -0.4 is 0 Å². The maximum Gasteiger partial charge on any atom is 0.126 e. The maximum atomic E-state index is 13.7. The van der Waals surface area contributed by atoms with Gasteiger partial charge in [-0.1, -0.05) is 50.2 Å². The number of rotatable bonds is 3. The Morgan fingerprint density at radius 3 is 2.05 bits per heavy atom. The van der Waals surface area contributed by atoms with Crippen molar-refractivity contribution in [1.82, 2.24) is 0 Å². The molecule has 1 nitrogen and oxygen atoms in total. The molecule has 106 valence electrons. The molecule has 20 heavy (non-hydrogen) atoms. The van der Waals surface area contributed by atoms with Crippen LogP contribution in [0.4, 0.5) is 4.39 Å². The first kappa shape index (κ1) is 14.7. The van der Waals surface area contributed by atoms with E-state index in [2.05, 4.69) is 13.8 Å². The Hall–Kier alpha value is -1.67. The van der Waals surface area contributed by atoms with E-state index in [1.807, 2.05) is 24.3 Å². The predicted octanol–water partition coefficient (Wildman–Crippen LogP) is 4.51. The van der Waals surface area contributed by atoms with Crippen LogP contribution >= 0.6 is 0 Å². The van der Waals surface area contributed by atoms with Crippen molar-refractivity contribution in [3.8, 4) is 0 Å². The minimum absolute atomic E-state index is 0.290. The van der Waals surface area contributed by atoms with Gasteiger partial charge in [0.1, 0.15) is 11.4 Å². The lowest BCUT2D eigenvalue weighted by molar-refractivity contribution is 0.102. The molecule has 0 bridgehead atoms. The van der Waals surface area contributed by atoms with Gasteiger partial charge in [0, 0.05) is 0 Å². The van der Waals surface area contributed by atoms with Crippen LogP contribution in [0.5, 0.6) is 0 Å². The maximum absolute atomic E-state index is 13.7. The van der Waals surface area contributed by atoms with Crippen LogP contribution in [0.25, 0.3) is 0 Å². The van der Waals surface area contributed by atoms with E-state index in [1.165, 1.54) is 11.6 Å². The number of aryl methyl sites for hydroxylation is 1. The molecule has 0 saturated heterocycles. The third kappa shape index (κ3) is 2.75. The van der Waals surface area contributed by atoms with Crippen LogP contribution in [0.2, 0.25) is 0 Å². The van der Waals surface area contributed by atoms with Crippen molar-refractivity contribution in [3.63, 3.8) is 0 Å². The summed E-state index contributed by atoms with van der Waals surface area (Å²) in [5.74, 6) is 0.160. The zero-order valence-electron chi connectivity index (χ0n) is 12.4. The highest BCUT2D eigenvalue weighted by molar-refractivity contribution is 5.38. The highest BCUT2D eigenvalue weighted by Crippen LogP contribution is 2.31. The van der Waals surface area contributed by atoms with Crippen molar-refractivity contribution in [2.24, 2.45) is 0 Å².